The lowest BCUT2D eigenvalue weighted by molar-refractivity contribution is 0.00578. The predicted octanol–water partition coefficient (Wildman–Crippen LogP) is 20.9. The van der Waals surface area contributed by atoms with Crippen LogP contribution in [0.25, 0.3) is 124 Å². The van der Waals surface area contributed by atoms with E-state index in [2.05, 4.69) is 195 Å². The summed E-state index contributed by atoms with van der Waals surface area (Å²) in [5, 5.41) is 0.643. The maximum absolute atomic E-state index is 6.23. The Hall–Kier alpha value is -10.9. The zero-order valence-corrected chi connectivity index (χ0v) is 60.3. The number of benzene rings is 9. The molecule has 0 amide bonds. The third-order valence-corrected chi connectivity index (χ3v) is 18.3. The summed E-state index contributed by atoms with van der Waals surface area (Å²) in [7, 11) is -0.339. The Balaban J connectivity index is 0.000000154. The minimum absolute atomic E-state index is 0.326. The molecule has 0 saturated carbocycles. The van der Waals surface area contributed by atoms with Gasteiger partial charge in [-0.3, -0.25) is 0 Å². The van der Waals surface area contributed by atoms with Gasteiger partial charge >= 0.3 is 7.12 Å². The van der Waals surface area contributed by atoms with Gasteiger partial charge < -0.3 is 9.31 Å². The van der Waals surface area contributed by atoms with Crippen molar-refractivity contribution in [3.63, 3.8) is 0 Å². The molecule has 1 saturated heterocycles. The Morgan fingerprint density at radius 1 is 0.267 bits per heavy atom. The summed E-state index contributed by atoms with van der Waals surface area (Å²) in [6.07, 6.45) is 0. The first-order valence-corrected chi connectivity index (χ1v) is 34.6. The van der Waals surface area contributed by atoms with Crippen molar-refractivity contribution in [2.45, 2.75) is 80.4 Å². The van der Waals surface area contributed by atoms with Crippen molar-refractivity contribution in [2.24, 2.45) is 0 Å². The summed E-state index contributed by atoms with van der Waals surface area (Å²) in [5.41, 5.74) is 22.8. The van der Waals surface area contributed by atoms with Crippen molar-refractivity contribution in [1.29, 1.82) is 0 Å². The van der Waals surface area contributed by atoms with Gasteiger partial charge in [-0.25, -0.2) is 49.8 Å². The molecule has 5 aromatic heterocycles. The highest BCUT2D eigenvalue weighted by atomic mass is 79.9. The van der Waals surface area contributed by atoms with Crippen LogP contribution < -0.4 is 5.46 Å². The minimum Gasteiger partial charge on any atom is -0.399 e. The van der Waals surface area contributed by atoms with Gasteiger partial charge in [0.05, 0.1) is 34.0 Å². The highest BCUT2D eigenvalue weighted by Gasteiger charge is 2.51. The van der Waals surface area contributed by atoms with Crippen LogP contribution >= 0.6 is 27.5 Å². The molecule has 496 valence electrons. The van der Waals surface area contributed by atoms with E-state index in [1.54, 1.807) is 0 Å². The zero-order chi connectivity index (χ0) is 70.4. The van der Waals surface area contributed by atoms with Gasteiger partial charge in [-0.1, -0.05) is 222 Å². The monoisotopic (exact) mass is 1400 g/mol. The molecule has 15 rings (SSSR count). The number of aromatic nitrogens is 10. The third-order valence-electron chi connectivity index (χ3n) is 17.6. The van der Waals surface area contributed by atoms with Crippen molar-refractivity contribution >= 4 is 40.1 Å². The van der Waals surface area contributed by atoms with E-state index in [9.17, 15) is 0 Å². The largest absolute Gasteiger partial charge is 0.494 e. The van der Waals surface area contributed by atoms with Gasteiger partial charge in [-0.05, 0) is 164 Å². The van der Waals surface area contributed by atoms with Crippen molar-refractivity contribution in [3.8, 4) is 124 Å². The highest BCUT2D eigenvalue weighted by molar-refractivity contribution is 9.10. The lowest BCUT2D eigenvalue weighted by atomic mass is 9.79. The smallest absolute Gasteiger partial charge is 0.399 e. The van der Waals surface area contributed by atoms with Crippen LogP contribution in [0.3, 0.4) is 0 Å². The Kier molecular flexibility index (Phi) is 20.3. The van der Waals surface area contributed by atoms with Gasteiger partial charge in [-0.15, -0.1) is 0 Å². The van der Waals surface area contributed by atoms with Gasteiger partial charge in [0, 0.05) is 93.7 Å². The normalized spacial score (nSPS) is 12.8. The Labute approximate surface area is 604 Å². The van der Waals surface area contributed by atoms with Crippen molar-refractivity contribution in [1.82, 2.24) is 49.8 Å². The van der Waals surface area contributed by atoms with Crippen molar-refractivity contribution in [2.75, 3.05) is 0 Å². The molecule has 0 atom stereocenters. The summed E-state index contributed by atoms with van der Waals surface area (Å²) in [5.74, 6) is 3.51. The molecule has 1 aliphatic rings. The van der Waals surface area contributed by atoms with E-state index in [1.165, 1.54) is 0 Å². The fourth-order valence-electron chi connectivity index (χ4n) is 11.9. The molecule has 0 spiro atoms. The standard InChI is InChI=1S/C46H36N6.C22H14BrClN2.C18H23BN2O2/c1-29-23-30(2)48-44(47-29)37-19-15-33(16-20-37)39-25-40(34-17-21-38(22-18-34)45-49-31(3)24-32(4)50-45)27-41(26-39)46-51-42(35-11-7-5-8-12-35)28-43(52-46)36-13-9-6-10-14-36;23-18-11-17(12-19(24)13-18)22-25-20(15-7-3-1-4-8-15)14-21(26-22)16-9-5-2-6-10-16;1-12-11-13(2)21-16(20-12)14-7-9-15(10-8-14)19-22-17(3,4)18(5,6)23-19/h5-28H,1-4H3;1-14H;7-11H,1-6H3. The number of halogens is 2. The van der Waals surface area contributed by atoms with Crippen LogP contribution in [0.4, 0.5) is 0 Å². The van der Waals surface area contributed by atoms with Crippen LogP contribution in [-0.4, -0.2) is 68.2 Å². The highest BCUT2D eigenvalue weighted by Crippen LogP contribution is 2.39. The lowest BCUT2D eigenvalue weighted by Crippen LogP contribution is -2.41. The topological polar surface area (TPSA) is 147 Å². The van der Waals surface area contributed by atoms with E-state index in [-0.39, 0.29) is 18.3 Å². The van der Waals surface area contributed by atoms with E-state index in [1.807, 2.05) is 181 Å². The van der Waals surface area contributed by atoms with Crippen LogP contribution in [0.15, 0.2) is 265 Å². The second-order valence-corrected chi connectivity index (χ2v) is 27.5. The fraction of sp³-hybridized carbons (Fsp3) is 0.140. The van der Waals surface area contributed by atoms with Gasteiger partial charge in [0.25, 0.3) is 0 Å². The minimum atomic E-state index is -0.339. The number of hydrogen-bond acceptors (Lipinski definition) is 12. The van der Waals surface area contributed by atoms with E-state index in [4.69, 9.17) is 40.8 Å². The number of rotatable bonds is 12. The summed E-state index contributed by atoms with van der Waals surface area (Å²) in [4.78, 5) is 47.7. The average Bonchev–Trinajstić information content (AvgIpc) is 1.76. The summed E-state index contributed by atoms with van der Waals surface area (Å²) in [6.45, 7) is 20.2. The Morgan fingerprint density at radius 2 is 0.535 bits per heavy atom. The molecule has 0 aliphatic carbocycles. The third kappa shape index (κ3) is 16.6. The van der Waals surface area contributed by atoms with Gasteiger partial charge in [0.15, 0.2) is 29.1 Å². The van der Waals surface area contributed by atoms with Crippen LogP contribution in [0, 0.1) is 41.5 Å². The molecule has 9 aromatic carbocycles. The summed E-state index contributed by atoms with van der Waals surface area (Å²) < 4.78 is 13.1. The Morgan fingerprint density at radius 3 is 0.842 bits per heavy atom. The van der Waals surface area contributed by atoms with Gasteiger partial charge in [-0.2, -0.15) is 0 Å². The molecule has 101 heavy (non-hydrogen) atoms. The molecule has 0 N–H and O–H groups in total. The second-order valence-electron chi connectivity index (χ2n) is 26.1. The first kappa shape index (κ1) is 68.6. The maximum atomic E-state index is 6.23. The maximum Gasteiger partial charge on any atom is 0.494 e. The quantitative estimate of drug-likeness (QED) is 0.107. The molecule has 1 aliphatic heterocycles. The van der Waals surface area contributed by atoms with E-state index < -0.39 is 0 Å². The molecule has 1 fully saturated rings. The molecule has 0 radical (unpaired) electrons. The summed E-state index contributed by atoms with van der Waals surface area (Å²) >= 11 is 9.73. The van der Waals surface area contributed by atoms with E-state index in [0.717, 1.165) is 157 Å². The molecule has 15 heteroatoms. The van der Waals surface area contributed by atoms with Crippen LogP contribution in [0.1, 0.15) is 61.9 Å². The van der Waals surface area contributed by atoms with Crippen molar-refractivity contribution in [3.05, 3.63) is 305 Å². The number of hydrogen-bond donors (Lipinski definition) is 0. The lowest BCUT2D eigenvalue weighted by Gasteiger charge is -2.32. The molecule has 12 nitrogen and oxygen atoms in total. The zero-order valence-electron chi connectivity index (χ0n) is 57.9. The van der Waals surface area contributed by atoms with Crippen LogP contribution in [0.2, 0.25) is 5.02 Å². The second kappa shape index (κ2) is 29.9. The fourth-order valence-corrected chi connectivity index (χ4v) is 12.8. The molecular formula is C86H73BBrClN10O2. The molecule has 0 unspecified atom stereocenters. The SMILES string of the molecule is Cc1cc(C)nc(-c2ccc(-c3cc(-c4ccc(-c5nc(C)cc(C)n5)cc4)cc(-c4nc(-c5ccccc5)cc(-c5ccccc5)n4)c3)cc2)n1.Cc1cc(C)nc(-c2ccc(B3OC(C)(C)C(C)(C)O3)cc2)n1.Clc1cc(Br)cc(-c2nc(-c3ccccc3)cc(-c3ccccc3)n2)c1. The summed E-state index contributed by atoms with van der Waals surface area (Å²) in [6, 6.07) is 88.1. The first-order chi connectivity index (χ1) is 48.7. The van der Waals surface area contributed by atoms with Crippen molar-refractivity contribution < 1.29 is 9.31 Å². The van der Waals surface area contributed by atoms with Gasteiger partial charge in [0.2, 0.25) is 0 Å². The Bertz CT molecular complexity index is 4940. The first-order valence-electron chi connectivity index (χ1n) is 33.5. The van der Waals surface area contributed by atoms with Crippen LogP contribution in [-0.2, 0) is 9.31 Å². The molecular weight excluding hydrogens is 1330 g/mol. The molecule has 14 aromatic rings. The van der Waals surface area contributed by atoms with Crippen LogP contribution in [0.5, 0.6) is 0 Å². The molecule has 0 bridgehead atoms. The van der Waals surface area contributed by atoms with E-state index >= 15 is 0 Å². The average molecular weight is 1400 g/mol. The van der Waals surface area contributed by atoms with E-state index in [0.29, 0.717) is 16.7 Å². The molecule has 6 heterocycles. The predicted molar refractivity (Wildman–Crippen MR) is 414 cm³/mol. The van der Waals surface area contributed by atoms with Gasteiger partial charge in [0.1, 0.15) is 0 Å². The number of aryl methyl sites for hydroxylation is 6. The number of nitrogens with zero attached hydrogens (tertiary/aromatic N) is 10.